The van der Waals surface area contributed by atoms with Crippen LogP contribution in [-0.4, -0.2) is 6.54 Å². The van der Waals surface area contributed by atoms with Crippen LogP contribution in [0.25, 0.3) is 77.2 Å². The van der Waals surface area contributed by atoms with Gasteiger partial charge >= 0.3 is 0 Å². The van der Waals surface area contributed by atoms with Crippen LogP contribution in [0, 0.1) is 5.82 Å². The van der Waals surface area contributed by atoms with E-state index in [2.05, 4.69) is 185 Å². The summed E-state index contributed by atoms with van der Waals surface area (Å²) in [5.41, 5.74) is 17.1. The minimum Gasteiger partial charge on any atom is -0.454 e. The van der Waals surface area contributed by atoms with Crippen molar-refractivity contribution in [1.29, 1.82) is 0 Å². The second-order valence-corrected chi connectivity index (χ2v) is 18.0. The van der Waals surface area contributed by atoms with Gasteiger partial charge in [-0.05, 0) is 101 Å². The average Bonchev–Trinajstić information content (AvgIpc) is 3.83. The van der Waals surface area contributed by atoms with E-state index in [4.69, 9.17) is 4.42 Å². The molecule has 1 aliphatic rings. The number of hydrogen-bond acceptors (Lipinski definition) is 4. The van der Waals surface area contributed by atoms with Crippen LogP contribution >= 0.6 is 0 Å². The molecule has 71 heavy (non-hydrogen) atoms. The SMILES string of the molecule is CCN1c2cc(N(c3ccccc3-c3ccccc3)c3cccc4c3oc3ccccc34)ccc2-c2ccc(N(c3ccccc3)c3c(F)cc(-c4ccccc4)cc3-c3ccccc3)c3cccc1c23. The Labute approximate surface area is 412 Å². The summed E-state index contributed by atoms with van der Waals surface area (Å²) in [6.45, 7) is 2.93. The quantitative estimate of drug-likeness (QED) is 0.136. The molecule has 13 rings (SSSR count). The van der Waals surface area contributed by atoms with E-state index in [1.165, 1.54) is 0 Å². The number of nitrogens with zero attached hydrogens (tertiary/aromatic N) is 3. The first-order valence-corrected chi connectivity index (χ1v) is 24.2. The lowest BCUT2D eigenvalue weighted by molar-refractivity contribution is 0.630. The van der Waals surface area contributed by atoms with Crippen molar-refractivity contribution < 1.29 is 8.81 Å². The van der Waals surface area contributed by atoms with Crippen LogP contribution < -0.4 is 14.7 Å². The molecule has 11 aromatic carbocycles. The highest BCUT2D eigenvalue weighted by Crippen LogP contribution is 2.55. The van der Waals surface area contributed by atoms with E-state index in [0.717, 1.165) is 124 Å². The summed E-state index contributed by atoms with van der Waals surface area (Å²) in [7, 11) is 0. The highest BCUT2D eigenvalue weighted by atomic mass is 19.1. The van der Waals surface area contributed by atoms with Gasteiger partial charge in [-0.2, -0.15) is 0 Å². The first-order valence-electron chi connectivity index (χ1n) is 24.2. The third-order valence-corrected chi connectivity index (χ3v) is 14.0. The molecule has 4 nitrogen and oxygen atoms in total. The average molecular weight is 916 g/mol. The molecule has 1 aromatic heterocycles. The number of rotatable bonds is 10. The molecular weight excluding hydrogens is 870 g/mol. The van der Waals surface area contributed by atoms with Crippen LogP contribution in [-0.2, 0) is 0 Å². The normalized spacial score (nSPS) is 11.8. The lowest BCUT2D eigenvalue weighted by atomic mass is 9.89. The van der Waals surface area contributed by atoms with Crippen molar-refractivity contribution in [2.24, 2.45) is 0 Å². The summed E-state index contributed by atoms with van der Waals surface area (Å²) in [5.74, 6) is -0.306. The fourth-order valence-corrected chi connectivity index (χ4v) is 10.9. The van der Waals surface area contributed by atoms with Gasteiger partial charge in [-0.3, -0.25) is 0 Å². The summed E-state index contributed by atoms with van der Waals surface area (Å²) in [6.07, 6.45) is 0. The van der Waals surface area contributed by atoms with Gasteiger partial charge in [0.25, 0.3) is 0 Å². The maximum absolute atomic E-state index is 17.6. The standard InChI is InChI=1S/C66H46FN3O/c1-2-68-60-34-20-32-55-59(70(48-27-13-6-14-28-48)65-56(46-25-11-5-12-26-46)41-47(42-57(65)67)44-21-7-3-8-22-44)40-39-53(64(55)60)51-38-37-49(43-62(51)68)69(58-33-17-15-29-50(58)45-23-9-4-10-24-45)61-35-19-31-54-52-30-16-18-36-63(52)71-66(54)61/h3-43H,2H2,1H3. The van der Waals surface area contributed by atoms with E-state index in [0.29, 0.717) is 5.69 Å². The molecule has 0 saturated carbocycles. The molecule has 0 fully saturated rings. The van der Waals surface area contributed by atoms with Crippen molar-refractivity contribution in [1.82, 2.24) is 0 Å². The lowest BCUT2D eigenvalue weighted by Crippen LogP contribution is -2.21. The molecule has 0 N–H and O–H groups in total. The van der Waals surface area contributed by atoms with Gasteiger partial charge in [-0.25, -0.2) is 4.39 Å². The Balaban J connectivity index is 1.02. The Kier molecular flexibility index (Phi) is 10.3. The van der Waals surface area contributed by atoms with Crippen molar-refractivity contribution in [2.45, 2.75) is 6.92 Å². The number of anilines is 8. The highest BCUT2D eigenvalue weighted by molar-refractivity contribution is 6.18. The molecule has 338 valence electrons. The van der Waals surface area contributed by atoms with Gasteiger partial charge < -0.3 is 19.1 Å². The van der Waals surface area contributed by atoms with E-state index < -0.39 is 0 Å². The van der Waals surface area contributed by atoms with Crippen LogP contribution in [0.3, 0.4) is 0 Å². The molecule has 0 radical (unpaired) electrons. The first kappa shape index (κ1) is 42.0. The summed E-state index contributed by atoms with van der Waals surface area (Å²) < 4.78 is 24.4. The summed E-state index contributed by atoms with van der Waals surface area (Å²) in [6, 6.07) is 86.0. The minimum absolute atomic E-state index is 0.306. The van der Waals surface area contributed by atoms with Gasteiger partial charge in [0.1, 0.15) is 11.4 Å². The molecule has 2 heterocycles. The zero-order valence-corrected chi connectivity index (χ0v) is 39.0. The first-order chi connectivity index (χ1) is 35.1. The molecule has 1 aliphatic heterocycles. The van der Waals surface area contributed by atoms with Crippen LogP contribution in [0.5, 0.6) is 0 Å². The monoisotopic (exact) mass is 915 g/mol. The maximum atomic E-state index is 17.6. The fourth-order valence-electron chi connectivity index (χ4n) is 10.9. The molecule has 12 aromatic rings. The van der Waals surface area contributed by atoms with Gasteiger partial charge in [0, 0.05) is 61.8 Å². The molecule has 0 atom stereocenters. The van der Waals surface area contributed by atoms with Crippen molar-refractivity contribution in [3.05, 3.63) is 255 Å². The van der Waals surface area contributed by atoms with Gasteiger partial charge in [-0.1, -0.05) is 182 Å². The minimum atomic E-state index is -0.306. The number of halogens is 1. The Bertz CT molecular complexity index is 3950. The van der Waals surface area contributed by atoms with Crippen molar-refractivity contribution in [2.75, 3.05) is 21.2 Å². The Morgan fingerprint density at radius 1 is 0.394 bits per heavy atom. The zero-order valence-electron chi connectivity index (χ0n) is 39.0. The van der Waals surface area contributed by atoms with E-state index in [9.17, 15) is 0 Å². The van der Waals surface area contributed by atoms with Crippen LogP contribution in [0.1, 0.15) is 6.92 Å². The van der Waals surface area contributed by atoms with Crippen molar-refractivity contribution in [3.8, 4) is 44.5 Å². The maximum Gasteiger partial charge on any atom is 0.159 e. The van der Waals surface area contributed by atoms with Gasteiger partial charge in [-0.15, -0.1) is 0 Å². The summed E-state index contributed by atoms with van der Waals surface area (Å²) in [4.78, 5) is 6.91. The molecule has 0 aliphatic carbocycles. The van der Waals surface area contributed by atoms with E-state index in [1.54, 1.807) is 6.07 Å². The number of furan rings is 1. The Hall–Kier alpha value is -9.19. The molecule has 5 heteroatoms. The summed E-state index contributed by atoms with van der Waals surface area (Å²) in [5, 5.41) is 4.30. The van der Waals surface area contributed by atoms with E-state index in [1.807, 2.05) is 78.9 Å². The van der Waals surface area contributed by atoms with Crippen molar-refractivity contribution >= 4 is 78.2 Å². The molecule has 0 amide bonds. The topological polar surface area (TPSA) is 22.9 Å². The predicted molar refractivity (Wildman–Crippen MR) is 295 cm³/mol. The van der Waals surface area contributed by atoms with Crippen molar-refractivity contribution in [3.63, 3.8) is 0 Å². The van der Waals surface area contributed by atoms with Crippen LogP contribution in [0.2, 0.25) is 0 Å². The second kappa shape index (κ2) is 17.4. The Morgan fingerprint density at radius 2 is 1.00 bits per heavy atom. The molecule has 0 spiro atoms. The predicted octanol–water partition coefficient (Wildman–Crippen LogP) is 19.0. The molecule has 0 bridgehead atoms. The molecular formula is C66H46FN3O. The second-order valence-electron chi connectivity index (χ2n) is 18.0. The molecule has 0 saturated heterocycles. The number of para-hydroxylation sites is 4. The Morgan fingerprint density at radius 3 is 1.76 bits per heavy atom. The third-order valence-electron chi connectivity index (χ3n) is 14.0. The van der Waals surface area contributed by atoms with Gasteiger partial charge in [0.15, 0.2) is 5.58 Å². The number of hydrogen-bond donors (Lipinski definition) is 0. The number of benzene rings is 11. The van der Waals surface area contributed by atoms with E-state index in [-0.39, 0.29) is 5.82 Å². The molecule has 0 unspecified atom stereocenters. The number of fused-ring (bicyclic) bond motifs is 5. The summed E-state index contributed by atoms with van der Waals surface area (Å²) >= 11 is 0. The zero-order chi connectivity index (χ0) is 47.4. The van der Waals surface area contributed by atoms with Gasteiger partial charge in [0.2, 0.25) is 0 Å². The van der Waals surface area contributed by atoms with Crippen LogP contribution in [0.15, 0.2) is 253 Å². The van der Waals surface area contributed by atoms with E-state index >= 15 is 4.39 Å². The third kappa shape index (κ3) is 7.04. The lowest BCUT2D eigenvalue weighted by Gasteiger charge is -2.36. The van der Waals surface area contributed by atoms with Gasteiger partial charge in [0.05, 0.1) is 28.4 Å². The highest BCUT2D eigenvalue weighted by Gasteiger charge is 2.31. The smallest absolute Gasteiger partial charge is 0.159 e. The largest absolute Gasteiger partial charge is 0.454 e. The van der Waals surface area contributed by atoms with Crippen LogP contribution in [0.4, 0.5) is 49.9 Å². The fraction of sp³-hybridized carbons (Fsp3) is 0.0303.